The van der Waals surface area contributed by atoms with Crippen molar-refractivity contribution in [2.75, 3.05) is 0 Å². The highest BCUT2D eigenvalue weighted by Gasteiger charge is 2.13. The zero-order chi connectivity index (χ0) is 13.2. The van der Waals surface area contributed by atoms with E-state index in [0.717, 1.165) is 18.4 Å². The fraction of sp³-hybridized carbons (Fsp3) is 0.333. The first-order chi connectivity index (χ1) is 9.22. The number of benzene rings is 1. The molecule has 19 heavy (non-hydrogen) atoms. The number of nitrogens with zero attached hydrogens (tertiary/aromatic N) is 1. The average molecular weight is 257 g/mol. The van der Waals surface area contributed by atoms with Crippen LogP contribution in [-0.2, 0) is 24.1 Å². The summed E-state index contributed by atoms with van der Waals surface area (Å²) in [6.45, 7) is 0. The molecular formula is C15H15NO3. The van der Waals surface area contributed by atoms with Gasteiger partial charge in [0.2, 0.25) is 0 Å². The molecule has 0 saturated carbocycles. The van der Waals surface area contributed by atoms with Crippen LogP contribution in [0.1, 0.15) is 29.7 Å². The minimum Gasteiger partial charge on any atom is -0.481 e. The van der Waals surface area contributed by atoms with E-state index in [1.165, 1.54) is 24.0 Å². The standard InChI is InChI=1S/C15H15NO3/c17-15(18)9-13-8-14(19-16-13)12-6-5-10-3-1-2-4-11(10)7-12/h5-8H,1-4,9H2,(H,17,18). The zero-order valence-electron chi connectivity index (χ0n) is 10.6. The molecule has 4 heteroatoms. The maximum Gasteiger partial charge on any atom is 0.309 e. The second kappa shape index (κ2) is 4.88. The fourth-order valence-electron chi connectivity index (χ4n) is 2.57. The maximum absolute atomic E-state index is 10.6. The van der Waals surface area contributed by atoms with Crippen molar-refractivity contribution >= 4 is 5.97 Å². The Bertz CT molecular complexity index is 616. The highest BCUT2D eigenvalue weighted by atomic mass is 16.5. The average Bonchev–Trinajstić information content (AvgIpc) is 2.86. The van der Waals surface area contributed by atoms with E-state index < -0.39 is 5.97 Å². The summed E-state index contributed by atoms with van der Waals surface area (Å²) in [5.74, 6) is -0.255. The smallest absolute Gasteiger partial charge is 0.309 e. The minimum atomic E-state index is -0.898. The van der Waals surface area contributed by atoms with Gasteiger partial charge in [0.15, 0.2) is 5.76 Å². The van der Waals surface area contributed by atoms with Crippen molar-refractivity contribution in [3.05, 3.63) is 41.1 Å². The van der Waals surface area contributed by atoms with Gasteiger partial charge in [-0.25, -0.2) is 0 Å². The zero-order valence-corrected chi connectivity index (χ0v) is 10.6. The topological polar surface area (TPSA) is 63.3 Å². The van der Waals surface area contributed by atoms with Crippen LogP contribution in [0.15, 0.2) is 28.8 Å². The summed E-state index contributed by atoms with van der Waals surface area (Å²) in [5, 5.41) is 12.5. The number of aromatic nitrogens is 1. The van der Waals surface area contributed by atoms with E-state index >= 15 is 0 Å². The number of aliphatic carboxylic acids is 1. The number of fused-ring (bicyclic) bond motifs is 1. The lowest BCUT2D eigenvalue weighted by Gasteiger charge is -2.15. The third-order valence-electron chi connectivity index (χ3n) is 3.52. The molecule has 1 aliphatic rings. The van der Waals surface area contributed by atoms with Crippen molar-refractivity contribution in [3.8, 4) is 11.3 Å². The molecule has 1 heterocycles. The largest absolute Gasteiger partial charge is 0.481 e. The Morgan fingerprint density at radius 2 is 2.00 bits per heavy atom. The summed E-state index contributed by atoms with van der Waals surface area (Å²) in [7, 11) is 0. The quantitative estimate of drug-likeness (QED) is 0.918. The second-order valence-corrected chi connectivity index (χ2v) is 4.94. The third kappa shape index (κ3) is 2.52. The van der Waals surface area contributed by atoms with E-state index in [1.807, 2.05) is 6.07 Å². The van der Waals surface area contributed by atoms with Gasteiger partial charge >= 0.3 is 5.97 Å². The molecule has 1 N–H and O–H groups in total. The molecule has 3 rings (SSSR count). The second-order valence-electron chi connectivity index (χ2n) is 4.94. The van der Waals surface area contributed by atoms with Crippen LogP contribution in [0.25, 0.3) is 11.3 Å². The molecule has 1 aromatic carbocycles. The lowest BCUT2D eigenvalue weighted by Crippen LogP contribution is -2.02. The lowest BCUT2D eigenvalue weighted by atomic mass is 9.90. The van der Waals surface area contributed by atoms with Gasteiger partial charge in [0, 0.05) is 11.6 Å². The summed E-state index contributed by atoms with van der Waals surface area (Å²) in [4.78, 5) is 10.6. The van der Waals surface area contributed by atoms with Gasteiger partial charge in [-0.3, -0.25) is 4.79 Å². The highest BCUT2D eigenvalue weighted by molar-refractivity contribution is 5.70. The summed E-state index contributed by atoms with van der Waals surface area (Å²) in [6.07, 6.45) is 4.65. The van der Waals surface area contributed by atoms with Crippen LogP contribution in [0.2, 0.25) is 0 Å². The van der Waals surface area contributed by atoms with Crippen LogP contribution in [0.5, 0.6) is 0 Å². The third-order valence-corrected chi connectivity index (χ3v) is 3.52. The van der Waals surface area contributed by atoms with E-state index in [9.17, 15) is 4.79 Å². The van der Waals surface area contributed by atoms with Gasteiger partial charge < -0.3 is 9.63 Å². The number of aryl methyl sites for hydroxylation is 2. The van der Waals surface area contributed by atoms with Crippen LogP contribution in [0, 0.1) is 0 Å². The summed E-state index contributed by atoms with van der Waals surface area (Å²) in [5.41, 5.74) is 4.23. The fourth-order valence-corrected chi connectivity index (χ4v) is 2.57. The van der Waals surface area contributed by atoms with Gasteiger partial charge in [-0.2, -0.15) is 0 Å². The van der Waals surface area contributed by atoms with Gasteiger partial charge in [0.05, 0.1) is 12.1 Å². The predicted molar refractivity (Wildman–Crippen MR) is 69.9 cm³/mol. The Morgan fingerprint density at radius 1 is 1.21 bits per heavy atom. The van der Waals surface area contributed by atoms with Gasteiger partial charge in [0.1, 0.15) is 0 Å². The van der Waals surface area contributed by atoms with Crippen LogP contribution < -0.4 is 0 Å². The van der Waals surface area contributed by atoms with E-state index in [4.69, 9.17) is 9.63 Å². The molecular weight excluding hydrogens is 242 g/mol. The first-order valence-corrected chi connectivity index (χ1v) is 6.52. The normalized spacial score (nSPS) is 14.1. The van der Waals surface area contributed by atoms with Crippen molar-refractivity contribution in [2.24, 2.45) is 0 Å². The number of carboxylic acids is 1. The molecule has 0 aliphatic heterocycles. The number of rotatable bonds is 3. The first kappa shape index (κ1) is 12.0. The number of hydrogen-bond donors (Lipinski definition) is 1. The SMILES string of the molecule is O=C(O)Cc1cc(-c2ccc3c(c2)CCCC3)on1. The van der Waals surface area contributed by atoms with Gasteiger partial charge in [0.25, 0.3) is 0 Å². The van der Waals surface area contributed by atoms with Crippen molar-refractivity contribution < 1.29 is 14.4 Å². The molecule has 0 atom stereocenters. The molecule has 0 radical (unpaired) electrons. The molecule has 0 bridgehead atoms. The monoisotopic (exact) mass is 257 g/mol. The molecule has 98 valence electrons. The van der Waals surface area contributed by atoms with Crippen LogP contribution in [0.4, 0.5) is 0 Å². The van der Waals surface area contributed by atoms with Gasteiger partial charge in [-0.1, -0.05) is 17.3 Å². The Morgan fingerprint density at radius 3 is 2.79 bits per heavy atom. The molecule has 1 aromatic heterocycles. The Balaban J connectivity index is 1.89. The first-order valence-electron chi connectivity index (χ1n) is 6.52. The van der Waals surface area contributed by atoms with Crippen LogP contribution >= 0.6 is 0 Å². The number of hydrogen-bond acceptors (Lipinski definition) is 3. The molecule has 0 spiro atoms. The van der Waals surface area contributed by atoms with Crippen LogP contribution in [-0.4, -0.2) is 16.2 Å². The lowest BCUT2D eigenvalue weighted by molar-refractivity contribution is -0.136. The van der Waals surface area contributed by atoms with E-state index in [1.54, 1.807) is 6.07 Å². The van der Waals surface area contributed by atoms with E-state index in [0.29, 0.717) is 11.5 Å². The highest BCUT2D eigenvalue weighted by Crippen LogP contribution is 2.27. The van der Waals surface area contributed by atoms with E-state index in [-0.39, 0.29) is 6.42 Å². The van der Waals surface area contributed by atoms with Crippen molar-refractivity contribution in [1.82, 2.24) is 5.16 Å². The van der Waals surface area contributed by atoms with Crippen molar-refractivity contribution in [3.63, 3.8) is 0 Å². The number of carbonyl (C=O) groups is 1. The minimum absolute atomic E-state index is 0.103. The van der Waals surface area contributed by atoms with E-state index in [2.05, 4.69) is 17.3 Å². The molecule has 0 fully saturated rings. The van der Waals surface area contributed by atoms with Gasteiger partial charge in [-0.15, -0.1) is 0 Å². The van der Waals surface area contributed by atoms with Crippen LogP contribution in [0.3, 0.4) is 0 Å². The molecule has 0 saturated heterocycles. The summed E-state index contributed by atoms with van der Waals surface area (Å²) >= 11 is 0. The molecule has 1 aliphatic carbocycles. The molecule has 0 amide bonds. The predicted octanol–water partition coefficient (Wildman–Crippen LogP) is 2.85. The Kier molecular flexibility index (Phi) is 3.07. The van der Waals surface area contributed by atoms with Crippen molar-refractivity contribution in [2.45, 2.75) is 32.1 Å². The molecule has 4 nitrogen and oxygen atoms in total. The molecule has 0 unspecified atom stereocenters. The number of carboxylic acid groups (broad SMARTS) is 1. The summed E-state index contributed by atoms with van der Waals surface area (Å²) < 4.78 is 5.23. The maximum atomic E-state index is 10.6. The Labute approximate surface area is 111 Å². The summed E-state index contributed by atoms with van der Waals surface area (Å²) in [6, 6.07) is 8.01. The van der Waals surface area contributed by atoms with Crippen molar-refractivity contribution in [1.29, 1.82) is 0 Å². The Hall–Kier alpha value is -2.10. The van der Waals surface area contributed by atoms with Gasteiger partial charge in [-0.05, 0) is 42.9 Å². The molecule has 2 aromatic rings.